The SMILES string of the molecule is COc1ccc(CNC(=O)c2ccc(C)c(NS(C)(=O)=O)c2)cc1. The third-order valence-corrected chi connectivity index (χ3v) is 4.00. The van der Waals surface area contributed by atoms with Crippen LogP contribution in [-0.2, 0) is 16.6 Å². The largest absolute Gasteiger partial charge is 0.497 e. The molecule has 24 heavy (non-hydrogen) atoms. The van der Waals surface area contributed by atoms with E-state index in [0.717, 1.165) is 23.1 Å². The summed E-state index contributed by atoms with van der Waals surface area (Å²) >= 11 is 0. The molecule has 0 atom stereocenters. The minimum atomic E-state index is -3.40. The predicted octanol–water partition coefficient (Wildman–Crippen LogP) is 2.31. The maximum absolute atomic E-state index is 12.3. The monoisotopic (exact) mass is 348 g/mol. The van der Waals surface area contributed by atoms with E-state index in [0.29, 0.717) is 17.8 Å². The van der Waals surface area contributed by atoms with Gasteiger partial charge in [-0.1, -0.05) is 18.2 Å². The van der Waals surface area contributed by atoms with E-state index in [9.17, 15) is 13.2 Å². The van der Waals surface area contributed by atoms with Gasteiger partial charge in [0, 0.05) is 12.1 Å². The number of anilines is 1. The fourth-order valence-corrected chi connectivity index (χ4v) is 2.72. The molecule has 2 N–H and O–H groups in total. The molecule has 128 valence electrons. The Morgan fingerprint density at radius 3 is 2.38 bits per heavy atom. The Balaban J connectivity index is 2.07. The normalized spacial score (nSPS) is 11.0. The van der Waals surface area contributed by atoms with E-state index >= 15 is 0 Å². The van der Waals surface area contributed by atoms with E-state index < -0.39 is 10.0 Å². The summed E-state index contributed by atoms with van der Waals surface area (Å²) in [6.45, 7) is 2.14. The molecule has 0 aliphatic carbocycles. The van der Waals surface area contributed by atoms with Crippen LogP contribution in [0.3, 0.4) is 0 Å². The highest BCUT2D eigenvalue weighted by Gasteiger charge is 2.10. The van der Waals surface area contributed by atoms with Crippen LogP contribution in [0.1, 0.15) is 21.5 Å². The number of rotatable bonds is 6. The van der Waals surface area contributed by atoms with Gasteiger partial charge >= 0.3 is 0 Å². The van der Waals surface area contributed by atoms with Gasteiger partial charge in [-0.05, 0) is 42.3 Å². The molecule has 0 aliphatic rings. The number of methoxy groups -OCH3 is 1. The second-order valence-corrected chi connectivity index (χ2v) is 7.18. The molecule has 7 heteroatoms. The van der Waals surface area contributed by atoms with Gasteiger partial charge in [0.15, 0.2) is 0 Å². The lowest BCUT2D eigenvalue weighted by molar-refractivity contribution is 0.0951. The highest BCUT2D eigenvalue weighted by molar-refractivity contribution is 7.92. The molecule has 0 saturated carbocycles. The highest BCUT2D eigenvalue weighted by atomic mass is 32.2. The van der Waals surface area contributed by atoms with Crippen LogP contribution in [0.25, 0.3) is 0 Å². The van der Waals surface area contributed by atoms with Crippen molar-refractivity contribution in [3.8, 4) is 5.75 Å². The lowest BCUT2D eigenvalue weighted by Gasteiger charge is -2.11. The third-order valence-electron chi connectivity index (χ3n) is 3.41. The number of hydrogen-bond acceptors (Lipinski definition) is 4. The minimum Gasteiger partial charge on any atom is -0.497 e. The average Bonchev–Trinajstić information content (AvgIpc) is 2.54. The van der Waals surface area contributed by atoms with Crippen molar-refractivity contribution < 1.29 is 17.9 Å². The summed E-state index contributed by atoms with van der Waals surface area (Å²) in [4.78, 5) is 12.3. The first kappa shape index (κ1) is 17.8. The number of nitrogens with one attached hydrogen (secondary N) is 2. The van der Waals surface area contributed by atoms with E-state index in [1.807, 2.05) is 24.3 Å². The van der Waals surface area contributed by atoms with E-state index in [-0.39, 0.29) is 5.91 Å². The fraction of sp³-hybridized carbons (Fsp3) is 0.235. The van der Waals surface area contributed by atoms with E-state index in [2.05, 4.69) is 10.0 Å². The summed E-state index contributed by atoms with van der Waals surface area (Å²) in [6, 6.07) is 12.3. The van der Waals surface area contributed by atoms with Gasteiger partial charge in [0.25, 0.3) is 5.91 Å². The van der Waals surface area contributed by atoms with Gasteiger partial charge in [-0.25, -0.2) is 8.42 Å². The Kier molecular flexibility index (Phi) is 5.46. The number of amides is 1. The molecule has 0 radical (unpaired) electrons. The number of benzene rings is 2. The average molecular weight is 348 g/mol. The van der Waals surface area contributed by atoms with Crippen molar-refractivity contribution >= 4 is 21.6 Å². The Morgan fingerprint density at radius 2 is 1.79 bits per heavy atom. The van der Waals surface area contributed by atoms with Crippen LogP contribution >= 0.6 is 0 Å². The lowest BCUT2D eigenvalue weighted by Crippen LogP contribution is -2.23. The van der Waals surface area contributed by atoms with Crippen LogP contribution in [0, 0.1) is 6.92 Å². The Hall–Kier alpha value is -2.54. The third kappa shape index (κ3) is 4.99. The summed E-state index contributed by atoms with van der Waals surface area (Å²) < 4.78 is 30.2. The van der Waals surface area contributed by atoms with Crippen LogP contribution < -0.4 is 14.8 Å². The van der Waals surface area contributed by atoms with Crippen molar-refractivity contribution in [2.75, 3.05) is 18.1 Å². The Morgan fingerprint density at radius 1 is 1.12 bits per heavy atom. The van der Waals surface area contributed by atoms with Crippen LogP contribution in [0.2, 0.25) is 0 Å². The first-order valence-corrected chi connectivity index (χ1v) is 9.17. The molecule has 0 unspecified atom stereocenters. The predicted molar refractivity (Wildman–Crippen MR) is 93.8 cm³/mol. The van der Waals surface area contributed by atoms with Gasteiger partial charge < -0.3 is 10.1 Å². The number of carbonyl (C=O) groups is 1. The van der Waals surface area contributed by atoms with Gasteiger partial charge in [0.05, 0.1) is 19.1 Å². The maximum Gasteiger partial charge on any atom is 0.251 e. The van der Waals surface area contributed by atoms with Gasteiger partial charge in [-0.15, -0.1) is 0 Å². The number of aryl methyl sites for hydroxylation is 1. The van der Waals surface area contributed by atoms with E-state index in [1.54, 1.807) is 26.2 Å². The van der Waals surface area contributed by atoms with Crippen molar-refractivity contribution in [1.82, 2.24) is 5.32 Å². The summed E-state index contributed by atoms with van der Waals surface area (Å²) in [5, 5.41) is 2.81. The van der Waals surface area contributed by atoms with Crippen molar-refractivity contribution in [3.63, 3.8) is 0 Å². The molecule has 0 heterocycles. The standard InChI is InChI=1S/C17H20N2O4S/c1-12-4-7-14(10-16(12)19-24(3,21)22)17(20)18-11-13-5-8-15(23-2)9-6-13/h4-10,19H,11H2,1-3H3,(H,18,20). The molecule has 0 spiro atoms. The topological polar surface area (TPSA) is 84.5 Å². The minimum absolute atomic E-state index is 0.276. The van der Waals surface area contributed by atoms with Crippen molar-refractivity contribution in [1.29, 1.82) is 0 Å². The highest BCUT2D eigenvalue weighted by Crippen LogP contribution is 2.18. The number of sulfonamides is 1. The smallest absolute Gasteiger partial charge is 0.251 e. The zero-order valence-corrected chi connectivity index (χ0v) is 14.6. The first-order valence-electron chi connectivity index (χ1n) is 7.28. The second-order valence-electron chi connectivity index (χ2n) is 5.43. The molecule has 6 nitrogen and oxygen atoms in total. The van der Waals surface area contributed by atoms with Gasteiger partial charge in [-0.3, -0.25) is 9.52 Å². The second kappa shape index (κ2) is 7.35. The van der Waals surface area contributed by atoms with Gasteiger partial charge in [-0.2, -0.15) is 0 Å². The summed E-state index contributed by atoms with van der Waals surface area (Å²) in [6.07, 6.45) is 1.07. The first-order chi connectivity index (χ1) is 11.3. The molecule has 2 rings (SSSR count). The number of carbonyl (C=O) groups excluding carboxylic acids is 1. The molecule has 0 bridgehead atoms. The maximum atomic E-state index is 12.3. The van der Waals surface area contributed by atoms with Gasteiger partial charge in [0.1, 0.15) is 5.75 Å². The molecule has 2 aromatic rings. The summed E-state index contributed by atoms with van der Waals surface area (Å²) in [5.41, 5.74) is 2.47. The molecule has 0 fully saturated rings. The van der Waals surface area contributed by atoms with Crippen LogP contribution in [-0.4, -0.2) is 27.7 Å². The van der Waals surface area contributed by atoms with Gasteiger partial charge in [0.2, 0.25) is 10.0 Å². The van der Waals surface area contributed by atoms with E-state index in [4.69, 9.17) is 4.74 Å². The molecule has 0 aliphatic heterocycles. The lowest BCUT2D eigenvalue weighted by atomic mass is 10.1. The van der Waals surface area contributed by atoms with E-state index in [1.165, 1.54) is 6.07 Å². The Labute approximate surface area is 141 Å². The van der Waals surface area contributed by atoms with Crippen molar-refractivity contribution in [3.05, 3.63) is 59.2 Å². The molecular formula is C17H20N2O4S. The molecular weight excluding hydrogens is 328 g/mol. The molecule has 0 saturated heterocycles. The van der Waals surface area contributed by atoms with Crippen molar-refractivity contribution in [2.24, 2.45) is 0 Å². The van der Waals surface area contributed by atoms with Crippen molar-refractivity contribution in [2.45, 2.75) is 13.5 Å². The fourth-order valence-electron chi connectivity index (χ4n) is 2.10. The molecule has 1 amide bonds. The van der Waals surface area contributed by atoms with Crippen LogP contribution in [0.5, 0.6) is 5.75 Å². The van der Waals surface area contributed by atoms with Crippen LogP contribution in [0.4, 0.5) is 5.69 Å². The zero-order valence-electron chi connectivity index (χ0n) is 13.8. The zero-order chi connectivity index (χ0) is 17.7. The summed E-state index contributed by atoms with van der Waals surface area (Å²) in [5.74, 6) is 0.475. The number of hydrogen-bond donors (Lipinski definition) is 2. The molecule has 2 aromatic carbocycles. The summed E-state index contributed by atoms with van der Waals surface area (Å²) in [7, 11) is -1.80. The molecule has 0 aromatic heterocycles. The Bertz CT molecular complexity index is 830. The quantitative estimate of drug-likeness (QED) is 0.839. The number of ether oxygens (including phenoxy) is 1. The van der Waals surface area contributed by atoms with Crippen LogP contribution in [0.15, 0.2) is 42.5 Å².